The summed E-state index contributed by atoms with van der Waals surface area (Å²) < 4.78 is 5.44. The fourth-order valence-electron chi connectivity index (χ4n) is 4.85. The molecule has 0 bridgehead atoms. The molecule has 6 heteroatoms. The van der Waals surface area contributed by atoms with Crippen molar-refractivity contribution >= 4 is 28.3 Å². The second-order valence-corrected chi connectivity index (χ2v) is 8.49. The summed E-state index contributed by atoms with van der Waals surface area (Å²) in [5.74, 6) is 0.472. The average molecular weight is 430 g/mol. The van der Waals surface area contributed by atoms with Crippen molar-refractivity contribution in [3.63, 3.8) is 0 Å². The Bertz CT molecular complexity index is 1180. The largest absolute Gasteiger partial charge is 0.496 e. The van der Waals surface area contributed by atoms with Crippen LogP contribution in [0.25, 0.3) is 10.8 Å². The molecule has 0 saturated carbocycles. The smallest absolute Gasteiger partial charge is 0.256 e. The summed E-state index contributed by atoms with van der Waals surface area (Å²) >= 11 is 0. The van der Waals surface area contributed by atoms with Gasteiger partial charge in [-0.1, -0.05) is 42.8 Å². The van der Waals surface area contributed by atoms with Crippen LogP contribution in [-0.2, 0) is 6.54 Å². The van der Waals surface area contributed by atoms with E-state index in [2.05, 4.69) is 10.6 Å². The average Bonchev–Trinajstić information content (AvgIpc) is 3.15. The molecule has 1 atom stereocenters. The SMILES string of the molecule is COc1ccc(C(=O)Nc2cccc3c2C(=O)N(CC2CCCCN2)C3)c2ccccc12. The Balaban J connectivity index is 1.40. The van der Waals surface area contributed by atoms with Crippen molar-refractivity contribution < 1.29 is 14.3 Å². The van der Waals surface area contributed by atoms with Crippen LogP contribution in [0.3, 0.4) is 0 Å². The fraction of sp³-hybridized carbons (Fsp3) is 0.308. The minimum absolute atomic E-state index is 0.0112. The Kier molecular flexibility index (Phi) is 5.53. The molecule has 164 valence electrons. The first-order valence-electron chi connectivity index (χ1n) is 11.2. The Hall–Kier alpha value is -3.38. The number of anilines is 1. The quantitative estimate of drug-likeness (QED) is 0.638. The standard InChI is InChI=1S/C26H27N3O3/c1-32-23-13-12-21(19-9-2-3-10-20(19)23)25(30)28-22-11-6-7-17-15-29(26(31)24(17)22)16-18-8-4-5-14-27-18/h2-3,6-7,9-13,18,27H,4-5,8,14-16H2,1H3,(H,28,30). The van der Waals surface area contributed by atoms with E-state index in [-0.39, 0.29) is 11.8 Å². The Morgan fingerprint density at radius 1 is 1.09 bits per heavy atom. The highest BCUT2D eigenvalue weighted by Crippen LogP contribution is 2.32. The molecular formula is C26H27N3O3. The zero-order valence-electron chi connectivity index (χ0n) is 18.2. The van der Waals surface area contributed by atoms with Crippen LogP contribution in [0.1, 0.15) is 45.5 Å². The first-order chi connectivity index (χ1) is 15.7. The van der Waals surface area contributed by atoms with Crippen LogP contribution in [0.5, 0.6) is 5.75 Å². The molecule has 0 radical (unpaired) electrons. The number of hydrogen-bond acceptors (Lipinski definition) is 4. The van der Waals surface area contributed by atoms with E-state index in [0.29, 0.717) is 35.9 Å². The third-order valence-electron chi connectivity index (χ3n) is 6.46. The summed E-state index contributed by atoms with van der Waals surface area (Å²) in [5, 5.41) is 8.21. The molecule has 0 aromatic heterocycles. The Morgan fingerprint density at radius 3 is 2.72 bits per heavy atom. The van der Waals surface area contributed by atoms with Gasteiger partial charge in [0.1, 0.15) is 5.75 Å². The number of fused-ring (bicyclic) bond motifs is 2. The zero-order valence-corrected chi connectivity index (χ0v) is 18.2. The maximum Gasteiger partial charge on any atom is 0.256 e. The van der Waals surface area contributed by atoms with Gasteiger partial charge in [-0.3, -0.25) is 9.59 Å². The number of carbonyl (C=O) groups excluding carboxylic acids is 2. The molecular weight excluding hydrogens is 402 g/mol. The molecule has 1 fully saturated rings. The summed E-state index contributed by atoms with van der Waals surface area (Å²) in [6.45, 7) is 2.29. The number of rotatable bonds is 5. The Morgan fingerprint density at radius 2 is 1.94 bits per heavy atom. The van der Waals surface area contributed by atoms with Gasteiger partial charge >= 0.3 is 0 Å². The van der Waals surface area contributed by atoms with Crippen LogP contribution in [0.4, 0.5) is 5.69 Å². The molecule has 2 N–H and O–H groups in total. The Labute approximate surface area is 187 Å². The summed E-state index contributed by atoms with van der Waals surface area (Å²) in [5.41, 5.74) is 2.68. The molecule has 6 nitrogen and oxygen atoms in total. The minimum Gasteiger partial charge on any atom is -0.496 e. The highest BCUT2D eigenvalue weighted by Gasteiger charge is 2.32. The van der Waals surface area contributed by atoms with Gasteiger partial charge in [0.05, 0.1) is 18.4 Å². The lowest BCUT2D eigenvalue weighted by Gasteiger charge is -2.28. The van der Waals surface area contributed by atoms with E-state index in [9.17, 15) is 9.59 Å². The van der Waals surface area contributed by atoms with Crippen LogP contribution in [0, 0.1) is 0 Å². The summed E-state index contributed by atoms with van der Waals surface area (Å²) in [4.78, 5) is 28.4. The van der Waals surface area contributed by atoms with Crippen LogP contribution in [-0.4, -0.2) is 43.0 Å². The third-order valence-corrected chi connectivity index (χ3v) is 6.46. The highest BCUT2D eigenvalue weighted by molar-refractivity contribution is 6.16. The van der Waals surface area contributed by atoms with E-state index in [1.165, 1.54) is 12.8 Å². The summed E-state index contributed by atoms with van der Waals surface area (Å²) in [6, 6.07) is 17.3. The number of carbonyl (C=O) groups is 2. The zero-order chi connectivity index (χ0) is 22.1. The lowest BCUT2D eigenvalue weighted by atomic mass is 10.0. The van der Waals surface area contributed by atoms with Crippen molar-refractivity contribution in [2.75, 3.05) is 25.5 Å². The fourth-order valence-corrected chi connectivity index (χ4v) is 4.85. The van der Waals surface area contributed by atoms with Gasteiger partial charge in [-0.05, 0) is 48.5 Å². The minimum atomic E-state index is -0.238. The number of benzene rings is 3. The van der Waals surface area contributed by atoms with Crippen LogP contribution < -0.4 is 15.4 Å². The van der Waals surface area contributed by atoms with E-state index < -0.39 is 0 Å². The summed E-state index contributed by atoms with van der Waals surface area (Å²) in [7, 11) is 1.62. The maximum absolute atomic E-state index is 13.2. The predicted molar refractivity (Wildman–Crippen MR) is 125 cm³/mol. The number of piperidine rings is 1. The topological polar surface area (TPSA) is 70.7 Å². The molecule has 3 aromatic carbocycles. The lowest BCUT2D eigenvalue weighted by molar-refractivity contribution is 0.0756. The molecule has 2 amide bonds. The van der Waals surface area contributed by atoms with Gasteiger partial charge in [0.25, 0.3) is 11.8 Å². The van der Waals surface area contributed by atoms with Crippen LogP contribution in [0.2, 0.25) is 0 Å². The van der Waals surface area contributed by atoms with Gasteiger partial charge in [0.15, 0.2) is 0 Å². The summed E-state index contributed by atoms with van der Waals surface area (Å²) in [6.07, 6.45) is 3.49. The van der Waals surface area contributed by atoms with Crippen molar-refractivity contribution in [2.45, 2.75) is 31.8 Å². The third kappa shape index (κ3) is 3.71. The van der Waals surface area contributed by atoms with Crippen molar-refractivity contribution in [2.24, 2.45) is 0 Å². The van der Waals surface area contributed by atoms with Gasteiger partial charge in [-0.25, -0.2) is 0 Å². The van der Waals surface area contributed by atoms with E-state index in [1.807, 2.05) is 47.4 Å². The molecule has 2 aliphatic heterocycles. The number of ether oxygens (including phenoxy) is 1. The second kappa shape index (κ2) is 8.63. The van der Waals surface area contributed by atoms with Crippen molar-refractivity contribution in [1.29, 1.82) is 0 Å². The molecule has 2 aliphatic rings. The molecule has 1 unspecified atom stereocenters. The molecule has 5 rings (SSSR count). The van der Waals surface area contributed by atoms with Gasteiger partial charge in [-0.2, -0.15) is 0 Å². The lowest BCUT2D eigenvalue weighted by Crippen LogP contribution is -2.43. The highest BCUT2D eigenvalue weighted by atomic mass is 16.5. The van der Waals surface area contributed by atoms with E-state index in [0.717, 1.165) is 35.1 Å². The van der Waals surface area contributed by atoms with Crippen LogP contribution in [0.15, 0.2) is 54.6 Å². The van der Waals surface area contributed by atoms with E-state index in [1.54, 1.807) is 19.2 Å². The molecule has 0 spiro atoms. The molecule has 3 aromatic rings. The number of hydrogen-bond donors (Lipinski definition) is 2. The molecule has 2 heterocycles. The first-order valence-corrected chi connectivity index (χ1v) is 11.2. The predicted octanol–water partition coefficient (Wildman–Crippen LogP) is 4.20. The molecule has 1 saturated heterocycles. The van der Waals surface area contributed by atoms with Gasteiger partial charge in [0, 0.05) is 30.1 Å². The second-order valence-electron chi connectivity index (χ2n) is 8.49. The number of methoxy groups -OCH3 is 1. The van der Waals surface area contributed by atoms with Gasteiger partial charge in [0.2, 0.25) is 0 Å². The van der Waals surface area contributed by atoms with Crippen molar-refractivity contribution in [3.05, 3.63) is 71.3 Å². The number of nitrogens with zero attached hydrogens (tertiary/aromatic N) is 1. The maximum atomic E-state index is 13.2. The van der Waals surface area contributed by atoms with E-state index >= 15 is 0 Å². The van der Waals surface area contributed by atoms with Crippen molar-refractivity contribution in [1.82, 2.24) is 10.2 Å². The number of nitrogens with one attached hydrogen (secondary N) is 2. The normalized spacial score (nSPS) is 18.0. The number of amides is 2. The molecule has 32 heavy (non-hydrogen) atoms. The molecule has 0 aliphatic carbocycles. The van der Waals surface area contributed by atoms with Crippen molar-refractivity contribution in [3.8, 4) is 5.75 Å². The van der Waals surface area contributed by atoms with Gasteiger partial charge in [-0.15, -0.1) is 0 Å². The van der Waals surface area contributed by atoms with Crippen LogP contribution >= 0.6 is 0 Å². The first kappa shape index (κ1) is 20.5. The van der Waals surface area contributed by atoms with Gasteiger partial charge < -0.3 is 20.3 Å². The monoisotopic (exact) mass is 429 g/mol. The van der Waals surface area contributed by atoms with E-state index in [4.69, 9.17) is 4.74 Å².